The molecule has 1 fully saturated rings. The Bertz CT molecular complexity index is 427. The van der Waals surface area contributed by atoms with E-state index in [0.29, 0.717) is 0 Å². The fourth-order valence-corrected chi connectivity index (χ4v) is 3.25. The average molecular weight is 290 g/mol. The molecular formula is C18H30N2O. The lowest BCUT2D eigenvalue weighted by atomic mass is 9.86. The molecule has 1 unspecified atom stereocenters. The fraction of sp³-hybridized carbons (Fsp3) is 0.667. The number of nitrogens with one attached hydrogen (secondary N) is 1. The molecule has 1 aromatic carbocycles. The molecule has 1 aromatic rings. The van der Waals surface area contributed by atoms with Crippen LogP contribution in [0.25, 0.3) is 0 Å². The second-order valence-electron chi connectivity index (χ2n) is 6.64. The Balaban J connectivity index is 1.90. The van der Waals surface area contributed by atoms with Gasteiger partial charge in [-0.25, -0.2) is 0 Å². The normalized spacial score (nSPS) is 22.1. The molecule has 21 heavy (non-hydrogen) atoms. The number of hydrogen-bond donors (Lipinski definition) is 1. The Morgan fingerprint density at radius 2 is 2.24 bits per heavy atom. The van der Waals surface area contributed by atoms with E-state index < -0.39 is 0 Å². The van der Waals surface area contributed by atoms with Crippen molar-refractivity contribution < 1.29 is 4.74 Å². The summed E-state index contributed by atoms with van der Waals surface area (Å²) in [5.41, 5.74) is 3.02. The molecule has 0 aromatic heterocycles. The van der Waals surface area contributed by atoms with E-state index in [2.05, 4.69) is 55.4 Å². The van der Waals surface area contributed by atoms with Gasteiger partial charge in [0, 0.05) is 31.7 Å². The second kappa shape index (κ2) is 7.92. The summed E-state index contributed by atoms with van der Waals surface area (Å²) in [7, 11) is 2.22. The minimum absolute atomic E-state index is 0.285. The molecule has 2 rings (SSSR count). The SMILES string of the molecule is CCCNCC1(CN(C)Cc2cccc(C)c2)CCOC1. The van der Waals surface area contributed by atoms with Crippen molar-refractivity contribution in [2.75, 3.05) is 39.9 Å². The van der Waals surface area contributed by atoms with Gasteiger partial charge in [0.15, 0.2) is 0 Å². The maximum atomic E-state index is 5.69. The molecule has 1 N–H and O–H groups in total. The van der Waals surface area contributed by atoms with E-state index in [1.165, 1.54) is 24.0 Å². The van der Waals surface area contributed by atoms with Crippen LogP contribution >= 0.6 is 0 Å². The monoisotopic (exact) mass is 290 g/mol. The van der Waals surface area contributed by atoms with Crippen LogP contribution in [-0.4, -0.2) is 44.8 Å². The number of rotatable bonds is 8. The van der Waals surface area contributed by atoms with Gasteiger partial charge in [0.05, 0.1) is 6.61 Å². The van der Waals surface area contributed by atoms with E-state index >= 15 is 0 Å². The summed E-state index contributed by atoms with van der Waals surface area (Å²) >= 11 is 0. The van der Waals surface area contributed by atoms with Crippen LogP contribution in [0.3, 0.4) is 0 Å². The van der Waals surface area contributed by atoms with Crippen LogP contribution in [0, 0.1) is 12.3 Å². The lowest BCUT2D eigenvalue weighted by Crippen LogP contribution is -2.43. The Hall–Kier alpha value is -0.900. The number of hydrogen-bond acceptors (Lipinski definition) is 3. The lowest BCUT2D eigenvalue weighted by molar-refractivity contribution is 0.116. The molecule has 1 aliphatic rings. The summed E-state index contributed by atoms with van der Waals surface area (Å²) in [6.45, 7) is 10.4. The smallest absolute Gasteiger partial charge is 0.0547 e. The van der Waals surface area contributed by atoms with Crippen molar-refractivity contribution in [2.24, 2.45) is 5.41 Å². The van der Waals surface area contributed by atoms with Crippen LogP contribution in [0.5, 0.6) is 0 Å². The molecule has 0 spiro atoms. The molecule has 1 saturated heterocycles. The summed E-state index contributed by atoms with van der Waals surface area (Å²) in [6, 6.07) is 8.81. The second-order valence-corrected chi connectivity index (χ2v) is 6.64. The fourth-order valence-electron chi connectivity index (χ4n) is 3.25. The van der Waals surface area contributed by atoms with E-state index in [1.807, 2.05) is 0 Å². The van der Waals surface area contributed by atoms with Crippen LogP contribution in [0.1, 0.15) is 30.9 Å². The topological polar surface area (TPSA) is 24.5 Å². The van der Waals surface area contributed by atoms with Crippen molar-refractivity contribution >= 4 is 0 Å². The zero-order valence-corrected chi connectivity index (χ0v) is 13.8. The van der Waals surface area contributed by atoms with Gasteiger partial charge >= 0.3 is 0 Å². The molecule has 1 atom stereocenters. The van der Waals surface area contributed by atoms with Gasteiger partial charge in [-0.15, -0.1) is 0 Å². The van der Waals surface area contributed by atoms with Crippen LogP contribution in [0.15, 0.2) is 24.3 Å². The number of aryl methyl sites for hydroxylation is 1. The van der Waals surface area contributed by atoms with Gasteiger partial charge in [-0.05, 0) is 38.9 Å². The van der Waals surface area contributed by atoms with E-state index in [4.69, 9.17) is 4.74 Å². The van der Waals surface area contributed by atoms with Gasteiger partial charge in [-0.2, -0.15) is 0 Å². The van der Waals surface area contributed by atoms with Crippen molar-refractivity contribution in [3.8, 4) is 0 Å². The molecule has 1 heterocycles. The van der Waals surface area contributed by atoms with Gasteiger partial charge in [0.25, 0.3) is 0 Å². The molecule has 0 aliphatic carbocycles. The predicted octanol–water partition coefficient (Wildman–Crippen LogP) is 2.83. The summed E-state index contributed by atoms with van der Waals surface area (Å²) in [5, 5.41) is 3.59. The van der Waals surface area contributed by atoms with Crippen LogP contribution < -0.4 is 5.32 Å². The third-order valence-corrected chi connectivity index (χ3v) is 4.25. The highest BCUT2D eigenvalue weighted by molar-refractivity contribution is 5.22. The van der Waals surface area contributed by atoms with Gasteiger partial charge in [0.1, 0.15) is 0 Å². The molecular weight excluding hydrogens is 260 g/mol. The van der Waals surface area contributed by atoms with E-state index in [9.17, 15) is 0 Å². The Kier molecular flexibility index (Phi) is 6.22. The first-order valence-corrected chi connectivity index (χ1v) is 8.16. The highest BCUT2D eigenvalue weighted by Gasteiger charge is 2.35. The van der Waals surface area contributed by atoms with E-state index in [1.54, 1.807) is 0 Å². The third-order valence-electron chi connectivity index (χ3n) is 4.25. The van der Waals surface area contributed by atoms with Crippen molar-refractivity contribution in [2.45, 2.75) is 33.2 Å². The Morgan fingerprint density at radius 1 is 1.38 bits per heavy atom. The standard InChI is InChI=1S/C18H30N2O/c1-4-9-19-13-18(8-10-21-15-18)14-20(3)12-17-7-5-6-16(2)11-17/h5-7,11,19H,4,8-10,12-15H2,1-3H3. The predicted molar refractivity (Wildman–Crippen MR) is 88.5 cm³/mol. The zero-order valence-electron chi connectivity index (χ0n) is 13.8. The first-order valence-electron chi connectivity index (χ1n) is 8.16. The highest BCUT2D eigenvalue weighted by Crippen LogP contribution is 2.29. The third kappa shape index (κ3) is 5.10. The Morgan fingerprint density at radius 3 is 2.90 bits per heavy atom. The van der Waals surface area contributed by atoms with Gasteiger partial charge in [0.2, 0.25) is 0 Å². The highest BCUT2D eigenvalue weighted by atomic mass is 16.5. The lowest BCUT2D eigenvalue weighted by Gasteiger charge is -2.32. The summed E-state index contributed by atoms with van der Waals surface area (Å²) in [6.07, 6.45) is 2.36. The van der Waals surface area contributed by atoms with E-state index in [0.717, 1.165) is 39.4 Å². The minimum atomic E-state index is 0.285. The molecule has 3 nitrogen and oxygen atoms in total. The molecule has 0 saturated carbocycles. The summed E-state index contributed by atoms with van der Waals surface area (Å²) in [4.78, 5) is 2.44. The molecule has 3 heteroatoms. The van der Waals surface area contributed by atoms with Crippen molar-refractivity contribution in [3.05, 3.63) is 35.4 Å². The van der Waals surface area contributed by atoms with Crippen molar-refractivity contribution in [1.29, 1.82) is 0 Å². The Labute approximate surface area is 129 Å². The van der Waals surface area contributed by atoms with Gasteiger partial charge < -0.3 is 15.0 Å². The van der Waals surface area contributed by atoms with Gasteiger partial charge in [-0.1, -0.05) is 36.8 Å². The van der Waals surface area contributed by atoms with Crippen LogP contribution in [-0.2, 0) is 11.3 Å². The molecule has 0 amide bonds. The largest absolute Gasteiger partial charge is 0.381 e. The number of nitrogens with zero attached hydrogens (tertiary/aromatic N) is 1. The van der Waals surface area contributed by atoms with Gasteiger partial charge in [-0.3, -0.25) is 0 Å². The molecule has 118 valence electrons. The minimum Gasteiger partial charge on any atom is -0.381 e. The molecule has 0 radical (unpaired) electrons. The average Bonchev–Trinajstić information content (AvgIpc) is 2.87. The number of ether oxygens (including phenoxy) is 1. The summed E-state index contributed by atoms with van der Waals surface area (Å²) in [5.74, 6) is 0. The van der Waals surface area contributed by atoms with E-state index in [-0.39, 0.29) is 5.41 Å². The first-order chi connectivity index (χ1) is 10.1. The summed E-state index contributed by atoms with van der Waals surface area (Å²) < 4.78 is 5.69. The quantitative estimate of drug-likeness (QED) is 0.745. The van der Waals surface area contributed by atoms with Crippen LogP contribution in [0.4, 0.5) is 0 Å². The first kappa shape index (κ1) is 16.5. The molecule has 0 bridgehead atoms. The maximum absolute atomic E-state index is 5.69. The molecule has 1 aliphatic heterocycles. The van der Waals surface area contributed by atoms with Crippen LogP contribution in [0.2, 0.25) is 0 Å². The maximum Gasteiger partial charge on any atom is 0.0547 e. The zero-order chi connectivity index (χ0) is 15.1. The van der Waals surface area contributed by atoms with Crippen molar-refractivity contribution in [3.63, 3.8) is 0 Å². The van der Waals surface area contributed by atoms with Crippen molar-refractivity contribution in [1.82, 2.24) is 10.2 Å². The number of benzene rings is 1.